The van der Waals surface area contributed by atoms with Crippen LogP contribution in [0.2, 0.25) is 5.02 Å². The number of pyridine rings is 2. The average Bonchev–Trinajstić information content (AvgIpc) is 2.96. The van der Waals surface area contributed by atoms with Crippen molar-refractivity contribution in [3.63, 3.8) is 0 Å². The van der Waals surface area contributed by atoms with Gasteiger partial charge in [0.05, 0.1) is 40.2 Å². The lowest BCUT2D eigenvalue weighted by Gasteiger charge is -2.41. The summed E-state index contributed by atoms with van der Waals surface area (Å²) < 4.78 is 27.8. The molecule has 0 aliphatic carbocycles. The number of amides is 1. The smallest absolute Gasteiger partial charge is 0.410 e. The van der Waals surface area contributed by atoms with E-state index in [1.54, 1.807) is 23.2 Å². The number of fused-ring (bicyclic) bond motifs is 1. The Labute approximate surface area is 266 Å². The summed E-state index contributed by atoms with van der Waals surface area (Å²) in [5.41, 5.74) is 1.30. The van der Waals surface area contributed by atoms with Crippen LogP contribution in [0.25, 0.3) is 28.0 Å². The number of hydrogen-bond donors (Lipinski definition) is 0. The van der Waals surface area contributed by atoms with Gasteiger partial charge < -0.3 is 19.3 Å². The van der Waals surface area contributed by atoms with E-state index < -0.39 is 23.2 Å². The Morgan fingerprint density at radius 2 is 1.89 bits per heavy atom. The maximum Gasteiger partial charge on any atom is 0.410 e. The second kappa shape index (κ2) is 12.3. The highest BCUT2D eigenvalue weighted by molar-refractivity contribution is 6.34. The fraction of sp³-hybridized carbons (Fsp3) is 0.424. The van der Waals surface area contributed by atoms with Gasteiger partial charge in [-0.1, -0.05) is 31.5 Å². The lowest BCUT2D eigenvalue weighted by molar-refractivity contribution is 0.0218. The molecule has 3 aromatic heterocycles. The Bertz CT molecular complexity index is 1840. The van der Waals surface area contributed by atoms with E-state index in [1.165, 1.54) is 23.8 Å². The minimum absolute atomic E-state index is 0.0269. The van der Waals surface area contributed by atoms with E-state index in [1.807, 2.05) is 59.4 Å². The second-order valence-electron chi connectivity index (χ2n) is 12.5. The topological polar surface area (TPSA) is 103 Å². The molecule has 4 heterocycles. The Morgan fingerprint density at radius 1 is 1.16 bits per heavy atom. The molecule has 12 heteroatoms. The summed E-state index contributed by atoms with van der Waals surface area (Å²) in [7, 11) is 1.44. The summed E-state index contributed by atoms with van der Waals surface area (Å²) in [5, 5.41) is 0.653. The molecule has 1 fully saturated rings. The zero-order chi connectivity index (χ0) is 32.8. The van der Waals surface area contributed by atoms with Gasteiger partial charge in [0.25, 0.3) is 0 Å². The SMILES string of the molecule is COc1cccc(F)c1-c1nc2c(cc1Cl)c(N1CCN(C(=O)OC(C)(C)C)C[C@@H]1C)nc(=O)n2-c1c(C)ccnc1C(C)C. The van der Waals surface area contributed by atoms with Gasteiger partial charge in [-0.3, -0.25) is 4.98 Å². The summed E-state index contributed by atoms with van der Waals surface area (Å²) in [6.45, 7) is 14.4. The number of ether oxygens (including phenoxy) is 2. The highest BCUT2D eigenvalue weighted by Crippen LogP contribution is 2.39. The van der Waals surface area contributed by atoms with E-state index >= 15 is 4.39 Å². The molecule has 0 radical (unpaired) electrons. The van der Waals surface area contributed by atoms with E-state index in [2.05, 4.69) is 9.97 Å². The zero-order valence-electron chi connectivity index (χ0n) is 26.8. The number of anilines is 1. The monoisotopic (exact) mass is 636 g/mol. The van der Waals surface area contributed by atoms with Crippen molar-refractivity contribution in [2.24, 2.45) is 0 Å². The Balaban J connectivity index is 1.75. The Morgan fingerprint density at radius 3 is 2.53 bits per heavy atom. The normalized spacial score (nSPS) is 15.6. The van der Waals surface area contributed by atoms with Gasteiger partial charge >= 0.3 is 11.8 Å². The van der Waals surface area contributed by atoms with Crippen molar-refractivity contribution >= 4 is 34.5 Å². The van der Waals surface area contributed by atoms with Gasteiger partial charge in [0.15, 0.2) is 5.65 Å². The van der Waals surface area contributed by atoms with Crippen LogP contribution in [0.4, 0.5) is 15.0 Å². The summed E-state index contributed by atoms with van der Waals surface area (Å²) in [6.07, 6.45) is 1.30. The van der Waals surface area contributed by atoms with Gasteiger partial charge in [-0.2, -0.15) is 4.98 Å². The van der Waals surface area contributed by atoms with Crippen LogP contribution in [0, 0.1) is 12.7 Å². The van der Waals surface area contributed by atoms with E-state index in [-0.39, 0.29) is 39.6 Å². The van der Waals surface area contributed by atoms with Crippen LogP contribution in [0.15, 0.2) is 41.3 Å². The first kappa shape index (κ1) is 32.2. The first-order valence-electron chi connectivity index (χ1n) is 14.9. The first-order chi connectivity index (χ1) is 21.2. The molecule has 1 aliphatic heterocycles. The van der Waals surface area contributed by atoms with E-state index in [9.17, 15) is 9.59 Å². The highest BCUT2D eigenvalue weighted by atomic mass is 35.5. The molecule has 0 N–H and O–H groups in total. The minimum Gasteiger partial charge on any atom is -0.496 e. The highest BCUT2D eigenvalue weighted by Gasteiger charge is 2.33. The second-order valence-corrected chi connectivity index (χ2v) is 13.0. The molecule has 1 atom stereocenters. The molecular weight excluding hydrogens is 599 g/mol. The molecule has 1 aromatic carbocycles. The standard InChI is InChI=1S/C33H38ClFN6O4/c1-18(2)26-28(19(3)12-13-36-26)41-30-21(16-22(34)27(37-30)25-23(35)10-9-11-24(25)44-8)29(38-31(41)42)40-15-14-39(17-20(40)4)32(43)45-33(5,6)7/h9-13,16,18,20H,14-15,17H2,1-8H3/t20-/m0/s1. The quantitative estimate of drug-likeness (QED) is 0.244. The molecule has 1 saturated heterocycles. The largest absolute Gasteiger partial charge is 0.496 e. The number of nitrogens with zero attached hydrogens (tertiary/aromatic N) is 6. The summed E-state index contributed by atoms with van der Waals surface area (Å²) >= 11 is 6.86. The van der Waals surface area contributed by atoms with Crippen LogP contribution < -0.4 is 15.3 Å². The van der Waals surface area contributed by atoms with E-state index in [0.717, 1.165) is 5.56 Å². The average molecular weight is 637 g/mol. The van der Waals surface area contributed by atoms with Crippen LogP contribution in [-0.4, -0.2) is 68.9 Å². The number of rotatable bonds is 5. The number of hydrogen-bond acceptors (Lipinski definition) is 8. The van der Waals surface area contributed by atoms with Crippen molar-refractivity contribution in [1.82, 2.24) is 24.4 Å². The fourth-order valence-corrected chi connectivity index (χ4v) is 5.90. The molecule has 45 heavy (non-hydrogen) atoms. The van der Waals surface area contributed by atoms with Gasteiger partial charge in [-0.15, -0.1) is 0 Å². The van der Waals surface area contributed by atoms with Crippen LogP contribution in [-0.2, 0) is 4.74 Å². The maximum absolute atomic E-state index is 15.3. The van der Waals surface area contributed by atoms with E-state index in [4.69, 9.17) is 26.1 Å². The molecule has 0 spiro atoms. The summed E-state index contributed by atoms with van der Waals surface area (Å²) in [4.78, 5) is 44.6. The molecule has 0 unspecified atom stereocenters. The van der Waals surface area contributed by atoms with Crippen molar-refractivity contribution < 1.29 is 18.7 Å². The van der Waals surface area contributed by atoms with Gasteiger partial charge in [0.2, 0.25) is 0 Å². The number of benzene rings is 1. The van der Waals surface area contributed by atoms with Crippen molar-refractivity contribution in [2.75, 3.05) is 31.6 Å². The minimum atomic E-state index is -0.625. The summed E-state index contributed by atoms with van der Waals surface area (Å²) in [5.74, 6) is 0.0235. The third-order valence-corrected chi connectivity index (χ3v) is 8.00. The van der Waals surface area contributed by atoms with Crippen LogP contribution in [0.3, 0.4) is 0 Å². The Kier molecular flexibility index (Phi) is 8.77. The number of carbonyl (C=O) groups is 1. The third kappa shape index (κ3) is 6.18. The van der Waals surface area contributed by atoms with Crippen molar-refractivity contribution in [3.8, 4) is 22.7 Å². The zero-order valence-corrected chi connectivity index (χ0v) is 27.6. The van der Waals surface area contributed by atoms with Crippen LogP contribution >= 0.6 is 11.6 Å². The first-order valence-corrected chi connectivity index (χ1v) is 15.3. The third-order valence-electron chi connectivity index (χ3n) is 7.71. The lowest BCUT2D eigenvalue weighted by atomic mass is 10.0. The number of carbonyl (C=O) groups excluding carboxylic acids is 1. The van der Waals surface area contributed by atoms with Gasteiger partial charge in [0, 0.05) is 31.9 Å². The molecular formula is C33H38ClFN6O4. The number of piperazine rings is 1. The fourth-order valence-electron chi connectivity index (χ4n) is 5.66. The molecule has 0 saturated carbocycles. The molecule has 0 bridgehead atoms. The number of aromatic nitrogens is 4. The molecule has 238 valence electrons. The number of aryl methyl sites for hydroxylation is 1. The predicted octanol–water partition coefficient (Wildman–Crippen LogP) is 6.52. The Hall–Kier alpha value is -4.25. The molecule has 4 aromatic rings. The number of methoxy groups -OCH3 is 1. The van der Waals surface area contributed by atoms with E-state index in [0.29, 0.717) is 42.2 Å². The van der Waals surface area contributed by atoms with Gasteiger partial charge in [-0.05, 0) is 70.4 Å². The predicted molar refractivity (Wildman–Crippen MR) is 173 cm³/mol. The molecule has 5 rings (SSSR count). The summed E-state index contributed by atoms with van der Waals surface area (Å²) in [6, 6.07) is 7.72. The van der Waals surface area contributed by atoms with Gasteiger partial charge in [-0.25, -0.2) is 23.5 Å². The van der Waals surface area contributed by atoms with Crippen molar-refractivity contribution in [3.05, 3.63) is 69.1 Å². The maximum atomic E-state index is 15.3. The van der Waals surface area contributed by atoms with Gasteiger partial charge in [0.1, 0.15) is 23.0 Å². The van der Waals surface area contributed by atoms with Crippen molar-refractivity contribution in [1.29, 1.82) is 0 Å². The molecule has 1 aliphatic rings. The number of halogens is 2. The lowest BCUT2D eigenvalue weighted by Crippen LogP contribution is -2.55. The molecule has 10 nitrogen and oxygen atoms in total. The van der Waals surface area contributed by atoms with Crippen LogP contribution in [0.5, 0.6) is 5.75 Å². The van der Waals surface area contributed by atoms with Crippen molar-refractivity contribution in [2.45, 2.75) is 66.0 Å². The van der Waals surface area contributed by atoms with Crippen LogP contribution in [0.1, 0.15) is 58.7 Å². The molecule has 1 amide bonds.